The first-order chi connectivity index (χ1) is 25.3. The molecule has 4 atom stereocenters. The van der Waals surface area contributed by atoms with Crippen molar-refractivity contribution >= 4 is 26.3 Å². The highest BCUT2D eigenvalue weighted by atomic mass is 28.4. The summed E-state index contributed by atoms with van der Waals surface area (Å²) in [7, 11) is -2.40. The molecule has 0 saturated carbocycles. The van der Waals surface area contributed by atoms with Gasteiger partial charge in [-0.05, 0) is 75.0 Å². The second-order valence-electron chi connectivity index (χ2n) is 18.3. The number of imidazole rings is 1. The molecular weight excluding hydrogens is 723 g/mol. The minimum Gasteiger partial charge on any atom is -0.453 e. The zero-order chi connectivity index (χ0) is 41.3. The van der Waals surface area contributed by atoms with Gasteiger partial charge in [0, 0.05) is 50.8 Å². The van der Waals surface area contributed by atoms with Gasteiger partial charge < -0.3 is 28.3 Å². The normalized spacial score (nSPS) is 17.8. The van der Waals surface area contributed by atoms with Crippen molar-refractivity contribution in [3.8, 4) is 11.3 Å². The average molecular weight is 783 g/mol. The first-order valence-corrected chi connectivity index (χ1v) is 21.9. The van der Waals surface area contributed by atoms with Gasteiger partial charge in [-0.25, -0.2) is 18.6 Å². The van der Waals surface area contributed by atoms with E-state index in [-0.39, 0.29) is 41.8 Å². The number of esters is 1. The SMILES string of the molecule is CC(=O)O[C@@H](C)C(=O)N(C[C@@H]1CN(C(=O)OC(C)(C)C)C[C@H]1O[Si](C)(C)C(C)(C)C)[C@@H](c1nc(-c2cc(F)ccc2F)cn1Cc1ccccc1)C(C)(C)C. The van der Waals surface area contributed by atoms with E-state index in [9.17, 15) is 18.8 Å². The summed E-state index contributed by atoms with van der Waals surface area (Å²) in [6.07, 6.45) is -0.407. The summed E-state index contributed by atoms with van der Waals surface area (Å²) >= 11 is 0. The Hall–Kier alpha value is -4.10. The van der Waals surface area contributed by atoms with Crippen LogP contribution in [0.5, 0.6) is 0 Å². The van der Waals surface area contributed by atoms with Gasteiger partial charge in [0.1, 0.15) is 23.1 Å². The highest BCUT2D eigenvalue weighted by Crippen LogP contribution is 2.43. The van der Waals surface area contributed by atoms with E-state index in [0.717, 1.165) is 23.8 Å². The molecule has 55 heavy (non-hydrogen) atoms. The standard InChI is InChI=1S/C42H60F2N4O6Si/c1-27(52-28(2)49)38(50)48(24-30-23-47(39(51)53-41(6,7)8)26-35(30)54-55(12,13)42(9,10)11)36(40(3,4)5)37-45-34(32-21-31(43)19-20-33(32)44)25-46(37)22-29-17-15-14-16-18-29/h14-21,25,27,30,35-36H,22-24,26H2,1-13H3/t27-,30-,35+,36-/m0/s1. The van der Waals surface area contributed by atoms with Crippen molar-refractivity contribution in [2.75, 3.05) is 19.6 Å². The number of halogens is 2. The molecular formula is C42H60F2N4O6Si. The number of carbonyl (C=O) groups is 3. The molecule has 10 nitrogen and oxygen atoms in total. The van der Waals surface area contributed by atoms with Crippen LogP contribution < -0.4 is 0 Å². The van der Waals surface area contributed by atoms with E-state index >= 15 is 4.39 Å². The fourth-order valence-electron chi connectivity index (χ4n) is 6.66. The van der Waals surface area contributed by atoms with Gasteiger partial charge in [-0.15, -0.1) is 0 Å². The van der Waals surface area contributed by atoms with Crippen LogP contribution in [0.25, 0.3) is 11.3 Å². The van der Waals surface area contributed by atoms with Crippen molar-refractivity contribution in [3.05, 3.63) is 77.8 Å². The monoisotopic (exact) mass is 782 g/mol. The van der Waals surface area contributed by atoms with Crippen LogP contribution >= 0.6 is 0 Å². The van der Waals surface area contributed by atoms with Crippen LogP contribution in [-0.4, -0.2) is 83.1 Å². The average Bonchev–Trinajstić information content (AvgIpc) is 3.63. The van der Waals surface area contributed by atoms with E-state index in [1.54, 1.807) is 16.0 Å². The fourth-order valence-corrected chi connectivity index (χ4v) is 8.04. The quantitative estimate of drug-likeness (QED) is 0.141. The number of hydrogen-bond donors (Lipinski definition) is 0. The maximum atomic E-state index is 15.3. The van der Waals surface area contributed by atoms with Crippen LogP contribution in [0.4, 0.5) is 13.6 Å². The maximum Gasteiger partial charge on any atom is 0.410 e. The van der Waals surface area contributed by atoms with Crippen molar-refractivity contribution in [1.29, 1.82) is 0 Å². The minimum absolute atomic E-state index is 0.0153. The van der Waals surface area contributed by atoms with E-state index in [1.165, 1.54) is 13.8 Å². The van der Waals surface area contributed by atoms with E-state index in [1.807, 2.05) is 76.4 Å². The molecule has 13 heteroatoms. The van der Waals surface area contributed by atoms with E-state index in [2.05, 4.69) is 33.9 Å². The van der Waals surface area contributed by atoms with Crippen LogP contribution in [0.15, 0.2) is 54.7 Å². The summed E-state index contributed by atoms with van der Waals surface area (Å²) in [6.45, 7) is 25.8. The third kappa shape index (κ3) is 11.0. The molecule has 0 bridgehead atoms. The molecule has 2 amide bonds. The zero-order valence-electron chi connectivity index (χ0n) is 34.8. The second kappa shape index (κ2) is 16.6. The molecule has 1 aliphatic heterocycles. The highest BCUT2D eigenvalue weighted by Gasteiger charge is 2.48. The zero-order valence-corrected chi connectivity index (χ0v) is 35.8. The summed E-state index contributed by atoms with van der Waals surface area (Å²) in [5, 5.41) is -0.144. The Morgan fingerprint density at radius 2 is 1.60 bits per heavy atom. The Morgan fingerprint density at radius 1 is 0.964 bits per heavy atom. The predicted octanol–water partition coefficient (Wildman–Crippen LogP) is 9.00. The van der Waals surface area contributed by atoms with Gasteiger partial charge >= 0.3 is 12.1 Å². The largest absolute Gasteiger partial charge is 0.453 e. The smallest absolute Gasteiger partial charge is 0.410 e. The molecule has 302 valence electrons. The maximum absolute atomic E-state index is 15.3. The number of hydrogen-bond acceptors (Lipinski definition) is 7. The molecule has 0 aliphatic carbocycles. The van der Waals surface area contributed by atoms with Crippen LogP contribution in [-0.2, 0) is 30.0 Å². The summed E-state index contributed by atoms with van der Waals surface area (Å²) < 4.78 is 50.1. The van der Waals surface area contributed by atoms with Crippen LogP contribution in [0.3, 0.4) is 0 Å². The number of amides is 2. The topological polar surface area (TPSA) is 103 Å². The van der Waals surface area contributed by atoms with E-state index in [4.69, 9.17) is 18.9 Å². The lowest BCUT2D eigenvalue weighted by Gasteiger charge is -2.43. The number of carbonyl (C=O) groups excluding carboxylic acids is 3. The van der Waals surface area contributed by atoms with Crippen molar-refractivity contribution < 1.29 is 37.1 Å². The molecule has 1 fully saturated rings. The van der Waals surface area contributed by atoms with E-state index < -0.39 is 67.2 Å². The molecule has 1 saturated heterocycles. The summed E-state index contributed by atoms with van der Waals surface area (Å²) in [6, 6.07) is 12.1. The second-order valence-corrected chi connectivity index (χ2v) is 23.1. The number of rotatable bonds is 11. The van der Waals surface area contributed by atoms with Gasteiger partial charge in [0.2, 0.25) is 0 Å². The van der Waals surface area contributed by atoms with Gasteiger partial charge in [-0.3, -0.25) is 9.59 Å². The molecule has 4 rings (SSSR count). The van der Waals surface area contributed by atoms with Gasteiger partial charge in [-0.1, -0.05) is 71.9 Å². The number of nitrogens with zero attached hydrogens (tertiary/aromatic N) is 4. The fraction of sp³-hybridized carbons (Fsp3) is 0.571. The van der Waals surface area contributed by atoms with Crippen molar-refractivity contribution in [1.82, 2.24) is 19.4 Å². The van der Waals surface area contributed by atoms with Gasteiger partial charge in [0.15, 0.2) is 14.4 Å². The molecule has 0 N–H and O–H groups in total. The van der Waals surface area contributed by atoms with Crippen molar-refractivity contribution in [2.24, 2.45) is 11.3 Å². The first kappa shape index (κ1) is 43.6. The van der Waals surface area contributed by atoms with Crippen LogP contribution in [0, 0.1) is 23.0 Å². The van der Waals surface area contributed by atoms with Crippen LogP contribution in [0.1, 0.15) is 93.6 Å². The van der Waals surface area contributed by atoms with Crippen molar-refractivity contribution in [2.45, 2.75) is 125 Å². The molecule has 0 spiro atoms. The Bertz CT molecular complexity index is 1830. The van der Waals surface area contributed by atoms with E-state index in [0.29, 0.717) is 12.4 Å². The third-order valence-electron chi connectivity index (χ3n) is 10.3. The first-order valence-electron chi connectivity index (χ1n) is 19.0. The number of likely N-dealkylation sites (tertiary alicyclic amines) is 1. The molecule has 3 aromatic rings. The predicted molar refractivity (Wildman–Crippen MR) is 212 cm³/mol. The Kier molecular flexibility index (Phi) is 13.1. The van der Waals surface area contributed by atoms with Crippen LogP contribution in [0.2, 0.25) is 18.1 Å². The molecule has 2 aromatic carbocycles. The molecule has 2 heterocycles. The Morgan fingerprint density at radius 3 is 2.16 bits per heavy atom. The number of benzene rings is 2. The van der Waals surface area contributed by atoms with Gasteiger partial charge in [-0.2, -0.15) is 0 Å². The minimum atomic E-state index is -2.40. The molecule has 1 aliphatic rings. The lowest BCUT2D eigenvalue weighted by atomic mass is 9.83. The highest BCUT2D eigenvalue weighted by molar-refractivity contribution is 6.74. The Balaban J connectivity index is 1.92. The van der Waals surface area contributed by atoms with Gasteiger partial charge in [0.05, 0.1) is 17.8 Å². The Labute approximate surface area is 326 Å². The van der Waals surface area contributed by atoms with Crippen molar-refractivity contribution in [3.63, 3.8) is 0 Å². The number of ether oxygens (including phenoxy) is 2. The molecule has 0 radical (unpaired) electrons. The van der Waals surface area contributed by atoms with Gasteiger partial charge in [0.25, 0.3) is 5.91 Å². The lowest BCUT2D eigenvalue weighted by molar-refractivity contribution is -0.161. The summed E-state index contributed by atoms with van der Waals surface area (Å²) in [5.74, 6) is -2.28. The third-order valence-corrected chi connectivity index (χ3v) is 14.8. The molecule has 0 unspecified atom stereocenters. The lowest BCUT2D eigenvalue weighted by Crippen LogP contribution is -2.52. The summed E-state index contributed by atoms with van der Waals surface area (Å²) in [4.78, 5) is 48.8. The molecule has 1 aromatic heterocycles. The summed E-state index contributed by atoms with van der Waals surface area (Å²) in [5.41, 5.74) is -0.314. The number of aromatic nitrogens is 2.